The fraction of sp³-hybridized carbons (Fsp3) is 0.780. The van der Waals surface area contributed by atoms with Crippen LogP contribution < -0.4 is 0 Å². The van der Waals surface area contributed by atoms with Gasteiger partial charge in [0.15, 0.2) is 5.78 Å². The number of hydrogen-bond acceptors (Lipinski definition) is 3. The molecule has 0 aliphatic heterocycles. The molecular weight excluding hydrogens is 706 g/mol. The number of allylic oxidation sites excluding steroid dienone is 7. The molecule has 0 aromatic rings. The summed E-state index contributed by atoms with van der Waals surface area (Å²) in [4.78, 5) is 40.2. The molecule has 0 aromatic heterocycles. The predicted molar refractivity (Wildman–Crippen MR) is 214 cm³/mol. The van der Waals surface area contributed by atoms with Crippen LogP contribution in [0.3, 0.4) is 0 Å². The van der Waals surface area contributed by atoms with Crippen molar-refractivity contribution in [2.75, 3.05) is 0 Å². The highest BCUT2D eigenvalue weighted by atomic mass is 19.4. The highest BCUT2D eigenvalue weighted by molar-refractivity contribution is 5.95. The van der Waals surface area contributed by atoms with Crippen LogP contribution in [0.2, 0.25) is 0 Å². The van der Waals surface area contributed by atoms with E-state index >= 15 is 0 Å². The number of hydrogen-bond donors (Lipinski definition) is 0. The SMILES string of the molecule is C=C1CC[C@@H](C2CC3CC(C4CCC(C5CCC(CC6=CC7C(=O)C(C8CCCC(CC9CCC9)C8)C=C7C(C(F)(F)F)=C6)CC5)CC4)CCC3C2=O)C(=O)C1. The van der Waals surface area contributed by atoms with Gasteiger partial charge in [-0.1, -0.05) is 62.0 Å². The first kappa shape index (κ1) is 39.2. The van der Waals surface area contributed by atoms with Crippen molar-refractivity contribution in [3.63, 3.8) is 0 Å². The summed E-state index contributed by atoms with van der Waals surface area (Å²) in [5, 5.41) is 0. The third-order valence-corrected chi connectivity index (χ3v) is 17.9. The quantitative estimate of drug-likeness (QED) is 0.231. The van der Waals surface area contributed by atoms with Gasteiger partial charge in [-0.15, -0.1) is 0 Å². The number of alkyl halides is 3. The summed E-state index contributed by atoms with van der Waals surface area (Å²) in [6, 6.07) is 0. The van der Waals surface area contributed by atoms with E-state index in [0.29, 0.717) is 42.3 Å². The van der Waals surface area contributed by atoms with E-state index in [1.807, 2.05) is 6.08 Å². The van der Waals surface area contributed by atoms with Crippen molar-refractivity contribution >= 4 is 17.3 Å². The maximum Gasteiger partial charge on any atom is 0.416 e. The lowest BCUT2D eigenvalue weighted by Crippen LogP contribution is -2.33. The second-order valence-corrected chi connectivity index (χ2v) is 21.0. The lowest BCUT2D eigenvalue weighted by Gasteiger charge is -2.42. The maximum absolute atomic E-state index is 14.6. The standard InChI is InChI=1S/C50H67F3O3/c1-29-8-18-41(47(54)20-29)45-27-39-26-37(17-19-40(39)48(45)55)36-15-13-35(14-16-36)34-11-9-31(10-12-34)22-33-24-44-43(46(25-33)50(51,52)53)28-42(49(44)56)38-7-3-6-32(23-38)21-30-4-2-5-30/h24-25,28,30-32,34-42,44-45H,1-23,26-27H2/t31?,32?,34?,35?,36?,37?,38?,39?,40?,41-,42?,44?,45?/m0/s1. The van der Waals surface area contributed by atoms with Gasteiger partial charge in [0.05, 0.1) is 11.5 Å². The van der Waals surface area contributed by atoms with Crippen molar-refractivity contribution in [3.8, 4) is 0 Å². The molecule has 0 heterocycles. The number of ketones is 3. The average Bonchev–Trinajstić information content (AvgIpc) is 3.68. The van der Waals surface area contributed by atoms with Gasteiger partial charge in [0.25, 0.3) is 0 Å². The van der Waals surface area contributed by atoms with Crippen molar-refractivity contribution in [2.45, 2.75) is 160 Å². The monoisotopic (exact) mass is 773 g/mol. The Kier molecular flexibility index (Phi) is 11.3. The second kappa shape index (κ2) is 16.1. The van der Waals surface area contributed by atoms with Gasteiger partial charge >= 0.3 is 6.18 Å². The van der Waals surface area contributed by atoms with Gasteiger partial charge in [-0.25, -0.2) is 0 Å². The maximum atomic E-state index is 14.6. The molecule has 9 rings (SSSR count). The van der Waals surface area contributed by atoms with Gasteiger partial charge in [0.2, 0.25) is 0 Å². The first-order valence-corrected chi connectivity index (χ1v) is 23.5. The lowest BCUT2D eigenvalue weighted by atomic mass is 9.63. The van der Waals surface area contributed by atoms with Crippen LogP contribution in [0.15, 0.2) is 47.1 Å². The first-order valence-electron chi connectivity index (χ1n) is 23.5. The molecule has 0 radical (unpaired) electrons. The summed E-state index contributed by atoms with van der Waals surface area (Å²) in [6.45, 7) is 4.03. The topological polar surface area (TPSA) is 51.2 Å². The molecule has 9 aliphatic rings. The smallest absolute Gasteiger partial charge is 0.299 e. The molecule has 7 fully saturated rings. The lowest BCUT2D eigenvalue weighted by molar-refractivity contribution is -0.133. The molecule has 3 nitrogen and oxygen atoms in total. The van der Waals surface area contributed by atoms with Gasteiger partial charge < -0.3 is 0 Å². The van der Waals surface area contributed by atoms with Crippen LogP contribution in [0.4, 0.5) is 13.2 Å². The molecule has 0 aromatic carbocycles. The van der Waals surface area contributed by atoms with Crippen molar-refractivity contribution < 1.29 is 27.6 Å². The van der Waals surface area contributed by atoms with E-state index in [4.69, 9.17) is 0 Å². The molecule has 8 unspecified atom stereocenters. The minimum Gasteiger partial charge on any atom is -0.299 e. The van der Waals surface area contributed by atoms with E-state index in [-0.39, 0.29) is 46.7 Å². The Morgan fingerprint density at radius 3 is 1.93 bits per heavy atom. The average molecular weight is 773 g/mol. The highest BCUT2D eigenvalue weighted by Crippen LogP contribution is 2.54. The molecule has 6 heteroatoms. The molecule has 306 valence electrons. The number of carbonyl (C=O) groups is 3. The van der Waals surface area contributed by atoms with E-state index in [0.717, 1.165) is 92.6 Å². The normalized spacial score (nSPS) is 42.4. The number of fused-ring (bicyclic) bond motifs is 2. The van der Waals surface area contributed by atoms with Crippen LogP contribution in [0.25, 0.3) is 0 Å². The minimum atomic E-state index is -4.45. The van der Waals surface area contributed by atoms with Gasteiger partial charge in [0, 0.05) is 30.1 Å². The van der Waals surface area contributed by atoms with Crippen molar-refractivity contribution in [1.82, 2.24) is 0 Å². The zero-order valence-electron chi connectivity index (χ0n) is 33.9. The molecular formula is C50H67F3O3. The fourth-order valence-corrected chi connectivity index (χ4v) is 14.7. The predicted octanol–water partition coefficient (Wildman–Crippen LogP) is 12.7. The van der Waals surface area contributed by atoms with Crippen LogP contribution in [0, 0.1) is 82.9 Å². The molecule has 0 spiro atoms. The summed E-state index contributed by atoms with van der Waals surface area (Å²) in [5.74, 6) is 5.14. The zero-order chi connectivity index (χ0) is 38.7. The molecule has 0 bridgehead atoms. The highest BCUT2D eigenvalue weighted by Gasteiger charge is 2.51. The Hall–Kier alpha value is -2.24. The van der Waals surface area contributed by atoms with Crippen molar-refractivity contribution in [2.24, 2.45) is 82.9 Å². The van der Waals surface area contributed by atoms with Crippen LogP contribution in [0.5, 0.6) is 0 Å². The summed E-state index contributed by atoms with van der Waals surface area (Å²) in [7, 11) is 0. The van der Waals surface area contributed by atoms with E-state index < -0.39 is 17.7 Å². The van der Waals surface area contributed by atoms with E-state index in [9.17, 15) is 27.6 Å². The molecule has 7 saturated carbocycles. The van der Waals surface area contributed by atoms with Crippen molar-refractivity contribution in [3.05, 3.63) is 47.1 Å². The van der Waals surface area contributed by atoms with Gasteiger partial charge in [0.1, 0.15) is 11.6 Å². The first-order chi connectivity index (χ1) is 27.0. The van der Waals surface area contributed by atoms with E-state index in [1.165, 1.54) is 89.5 Å². The summed E-state index contributed by atoms with van der Waals surface area (Å²) in [5.41, 5.74) is 1.46. The summed E-state index contributed by atoms with van der Waals surface area (Å²) < 4.78 is 43.8. The van der Waals surface area contributed by atoms with Gasteiger partial charge in [-0.2, -0.15) is 13.2 Å². The Balaban J connectivity index is 0.754. The van der Waals surface area contributed by atoms with Crippen LogP contribution in [-0.2, 0) is 14.4 Å². The molecule has 0 amide bonds. The van der Waals surface area contributed by atoms with E-state index in [2.05, 4.69) is 6.58 Å². The molecule has 9 aliphatic carbocycles. The minimum absolute atomic E-state index is 0.0257. The Bertz CT molecular complexity index is 1630. The summed E-state index contributed by atoms with van der Waals surface area (Å²) in [6.07, 6.45) is 26.9. The summed E-state index contributed by atoms with van der Waals surface area (Å²) >= 11 is 0. The molecule has 56 heavy (non-hydrogen) atoms. The van der Waals surface area contributed by atoms with Gasteiger partial charge in [-0.05, 0) is 180 Å². The largest absolute Gasteiger partial charge is 0.416 e. The number of rotatable bonds is 8. The third-order valence-electron chi connectivity index (χ3n) is 17.9. The van der Waals surface area contributed by atoms with E-state index in [1.54, 1.807) is 6.08 Å². The van der Waals surface area contributed by atoms with Crippen molar-refractivity contribution in [1.29, 1.82) is 0 Å². The number of halogens is 3. The fourth-order valence-electron chi connectivity index (χ4n) is 14.7. The number of carbonyl (C=O) groups excluding carboxylic acids is 3. The Morgan fingerprint density at radius 2 is 1.25 bits per heavy atom. The molecule has 0 saturated heterocycles. The zero-order valence-corrected chi connectivity index (χ0v) is 33.9. The Labute approximate surface area is 334 Å². The second-order valence-electron chi connectivity index (χ2n) is 21.0. The van der Waals surface area contributed by atoms with Crippen LogP contribution >= 0.6 is 0 Å². The molecule has 9 atom stereocenters. The molecule has 0 N–H and O–H groups in total. The third kappa shape index (κ3) is 7.92. The van der Waals surface area contributed by atoms with Crippen LogP contribution in [-0.4, -0.2) is 23.5 Å². The van der Waals surface area contributed by atoms with Crippen LogP contribution in [0.1, 0.15) is 154 Å². The van der Waals surface area contributed by atoms with Gasteiger partial charge in [-0.3, -0.25) is 14.4 Å². The Morgan fingerprint density at radius 1 is 0.589 bits per heavy atom. The number of Topliss-reactive ketones (excluding diaryl/α,β-unsaturated/α-hetero) is 3.